The van der Waals surface area contributed by atoms with E-state index in [1.165, 1.54) is 11.3 Å². The van der Waals surface area contributed by atoms with Gasteiger partial charge in [0.2, 0.25) is 0 Å². The third kappa shape index (κ3) is 2.68. The first-order valence-electron chi connectivity index (χ1n) is 6.77. The lowest BCUT2D eigenvalue weighted by atomic mass is 10.2. The summed E-state index contributed by atoms with van der Waals surface area (Å²) in [5.41, 5.74) is 5.56. The first-order chi connectivity index (χ1) is 9.04. The molecule has 4 heteroatoms. The highest BCUT2D eigenvalue weighted by Crippen LogP contribution is 2.17. The zero-order valence-electron chi connectivity index (χ0n) is 12.4. The number of rotatable bonds is 4. The van der Waals surface area contributed by atoms with Crippen LogP contribution in [0.3, 0.4) is 0 Å². The number of hydrogen-bond donors (Lipinski definition) is 1. The van der Waals surface area contributed by atoms with Gasteiger partial charge in [0.05, 0.1) is 23.3 Å². The molecule has 102 valence electrons. The summed E-state index contributed by atoms with van der Waals surface area (Å²) in [6, 6.07) is 4.42. The Balaban J connectivity index is 2.30. The summed E-state index contributed by atoms with van der Waals surface area (Å²) >= 11 is 0. The van der Waals surface area contributed by atoms with E-state index < -0.39 is 0 Å². The molecule has 0 fully saturated rings. The van der Waals surface area contributed by atoms with Gasteiger partial charge in [0.25, 0.3) is 0 Å². The molecule has 1 atom stereocenters. The highest BCUT2D eigenvalue weighted by molar-refractivity contribution is 5.35. The Morgan fingerprint density at radius 3 is 2.47 bits per heavy atom. The number of hydrogen-bond acceptors (Lipinski definition) is 3. The minimum atomic E-state index is 0.279. The van der Waals surface area contributed by atoms with Gasteiger partial charge in [0.15, 0.2) is 0 Å². The number of aryl methyl sites for hydroxylation is 1. The molecule has 19 heavy (non-hydrogen) atoms. The third-order valence-electron chi connectivity index (χ3n) is 3.62. The largest absolute Gasteiger partial charge is 0.309 e. The van der Waals surface area contributed by atoms with E-state index in [4.69, 9.17) is 0 Å². The molecule has 4 nitrogen and oxygen atoms in total. The van der Waals surface area contributed by atoms with E-state index in [9.17, 15) is 0 Å². The molecule has 1 N–H and O–H groups in total. The maximum absolute atomic E-state index is 4.55. The van der Waals surface area contributed by atoms with Crippen LogP contribution in [0.2, 0.25) is 0 Å². The maximum Gasteiger partial charge on any atom is 0.0832 e. The smallest absolute Gasteiger partial charge is 0.0832 e. The fraction of sp³-hybridized carbons (Fsp3) is 0.467. The van der Waals surface area contributed by atoms with Crippen molar-refractivity contribution >= 4 is 0 Å². The Bertz CT molecular complexity index is 554. The summed E-state index contributed by atoms with van der Waals surface area (Å²) in [6.45, 7) is 11.4. The average Bonchev–Trinajstić information content (AvgIpc) is 2.67. The lowest BCUT2D eigenvalue weighted by Crippen LogP contribution is -2.18. The molecule has 2 aromatic rings. The molecule has 0 amide bonds. The summed E-state index contributed by atoms with van der Waals surface area (Å²) in [5.74, 6) is 0. The van der Waals surface area contributed by atoms with Gasteiger partial charge in [0.1, 0.15) is 0 Å². The normalized spacial score (nSPS) is 12.7. The third-order valence-corrected chi connectivity index (χ3v) is 3.62. The highest BCUT2D eigenvalue weighted by atomic mass is 15.3. The van der Waals surface area contributed by atoms with Crippen molar-refractivity contribution in [1.82, 2.24) is 20.1 Å². The molecule has 0 spiro atoms. The highest BCUT2D eigenvalue weighted by Gasteiger charge is 2.10. The van der Waals surface area contributed by atoms with Crippen molar-refractivity contribution < 1.29 is 0 Å². The average molecular weight is 258 g/mol. The molecular weight excluding hydrogens is 236 g/mol. The van der Waals surface area contributed by atoms with Gasteiger partial charge in [-0.25, -0.2) is 4.68 Å². The van der Waals surface area contributed by atoms with Gasteiger partial charge in [-0.3, -0.25) is 4.98 Å². The van der Waals surface area contributed by atoms with Crippen LogP contribution in [0.15, 0.2) is 18.3 Å². The molecule has 0 radical (unpaired) electrons. The summed E-state index contributed by atoms with van der Waals surface area (Å²) in [4.78, 5) is 4.53. The lowest BCUT2D eigenvalue weighted by molar-refractivity contribution is 0.583. The van der Waals surface area contributed by atoms with E-state index in [2.05, 4.69) is 55.2 Å². The van der Waals surface area contributed by atoms with Crippen LogP contribution in [0, 0.1) is 20.8 Å². The summed E-state index contributed by atoms with van der Waals surface area (Å²) < 4.78 is 1.96. The van der Waals surface area contributed by atoms with Crippen LogP contribution in [-0.4, -0.2) is 21.3 Å². The monoisotopic (exact) mass is 258 g/mol. The zero-order chi connectivity index (χ0) is 14.0. The molecule has 0 aliphatic heterocycles. The second-order valence-electron chi connectivity index (χ2n) is 4.93. The second kappa shape index (κ2) is 5.53. The first-order valence-corrected chi connectivity index (χ1v) is 6.77. The van der Waals surface area contributed by atoms with Gasteiger partial charge in [-0.05, 0) is 51.9 Å². The van der Waals surface area contributed by atoms with Gasteiger partial charge in [-0.15, -0.1) is 0 Å². The van der Waals surface area contributed by atoms with Crippen LogP contribution in [0.4, 0.5) is 0 Å². The van der Waals surface area contributed by atoms with Crippen molar-refractivity contribution in [2.75, 3.05) is 6.54 Å². The quantitative estimate of drug-likeness (QED) is 0.917. The second-order valence-corrected chi connectivity index (χ2v) is 4.93. The maximum atomic E-state index is 4.55. The van der Waals surface area contributed by atoms with Crippen LogP contribution in [0.5, 0.6) is 0 Å². The molecule has 0 saturated heterocycles. The van der Waals surface area contributed by atoms with E-state index in [1.807, 2.05) is 17.8 Å². The van der Waals surface area contributed by atoms with Gasteiger partial charge in [-0.1, -0.05) is 6.92 Å². The van der Waals surface area contributed by atoms with Crippen molar-refractivity contribution in [3.8, 4) is 5.69 Å². The van der Waals surface area contributed by atoms with Gasteiger partial charge < -0.3 is 5.32 Å². The molecule has 0 aliphatic rings. The Morgan fingerprint density at radius 2 is 2.00 bits per heavy atom. The fourth-order valence-corrected chi connectivity index (χ4v) is 2.16. The van der Waals surface area contributed by atoms with Crippen molar-refractivity contribution in [2.24, 2.45) is 0 Å². The van der Waals surface area contributed by atoms with Crippen LogP contribution in [0.25, 0.3) is 5.69 Å². The van der Waals surface area contributed by atoms with E-state index >= 15 is 0 Å². The lowest BCUT2D eigenvalue weighted by Gasteiger charge is -2.12. The van der Waals surface area contributed by atoms with Crippen molar-refractivity contribution in [2.45, 2.75) is 40.7 Å². The van der Waals surface area contributed by atoms with Gasteiger partial charge >= 0.3 is 0 Å². The van der Waals surface area contributed by atoms with Crippen LogP contribution >= 0.6 is 0 Å². The van der Waals surface area contributed by atoms with Gasteiger partial charge in [-0.2, -0.15) is 5.10 Å². The van der Waals surface area contributed by atoms with Crippen molar-refractivity contribution in [3.63, 3.8) is 0 Å². The van der Waals surface area contributed by atoms with Crippen LogP contribution in [0.1, 0.15) is 42.5 Å². The molecule has 2 aromatic heterocycles. The number of nitrogens with zero attached hydrogens (tertiary/aromatic N) is 3. The Morgan fingerprint density at radius 1 is 1.26 bits per heavy atom. The Hall–Kier alpha value is -1.68. The molecule has 0 bridgehead atoms. The van der Waals surface area contributed by atoms with E-state index in [0.29, 0.717) is 0 Å². The summed E-state index contributed by atoms with van der Waals surface area (Å²) in [5, 5.41) is 7.91. The first kappa shape index (κ1) is 13.7. The van der Waals surface area contributed by atoms with E-state index in [-0.39, 0.29) is 6.04 Å². The zero-order valence-corrected chi connectivity index (χ0v) is 12.4. The molecule has 1 unspecified atom stereocenters. The van der Waals surface area contributed by atoms with Gasteiger partial charge in [0, 0.05) is 11.7 Å². The fourth-order valence-electron chi connectivity index (χ4n) is 2.16. The molecule has 0 saturated carbocycles. The molecule has 2 rings (SSSR count). The molecule has 0 aromatic carbocycles. The number of aromatic nitrogens is 3. The van der Waals surface area contributed by atoms with Crippen molar-refractivity contribution in [3.05, 3.63) is 41.0 Å². The number of pyridine rings is 1. The SMILES string of the molecule is CCNC(C)c1ccc(-n2nc(C)c(C)c2C)cn1. The van der Waals surface area contributed by atoms with E-state index in [1.54, 1.807) is 0 Å². The van der Waals surface area contributed by atoms with Crippen LogP contribution < -0.4 is 5.32 Å². The topological polar surface area (TPSA) is 42.7 Å². The summed E-state index contributed by atoms with van der Waals surface area (Å²) in [7, 11) is 0. The molecular formula is C15H22N4. The van der Waals surface area contributed by atoms with Crippen molar-refractivity contribution in [1.29, 1.82) is 0 Å². The minimum Gasteiger partial charge on any atom is -0.309 e. The number of nitrogens with one attached hydrogen (secondary N) is 1. The predicted molar refractivity (Wildman–Crippen MR) is 77.7 cm³/mol. The van der Waals surface area contributed by atoms with E-state index in [0.717, 1.165) is 23.6 Å². The Kier molecular flexibility index (Phi) is 4.00. The standard InChI is InChI=1S/C15H22N4/c1-6-16-12(4)15-8-7-14(9-17-15)19-13(5)10(2)11(3)18-19/h7-9,12,16H,6H2,1-5H3. The predicted octanol–water partition coefficient (Wildman–Crippen LogP) is 2.86. The van der Waals surface area contributed by atoms with Crippen LogP contribution in [-0.2, 0) is 0 Å². The minimum absolute atomic E-state index is 0.279. The summed E-state index contributed by atoms with van der Waals surface area (Å²) in [6.07, 6.45) is 1.89. The molecule has 0 aliphatic carbocycles. The molecule has 2 heterocycles. The Labute approximate surface area is 114 Å².